The Morgan fingerprint density at radius 1 is 1.16 bits per heavy atom. The Labute approximate surface area is 188 Å². The lowest BCUT2D eigenvalue weighted by Gasteiger charge is -2.37. The van der Waals surface area contributed by atoms with Crippen LogP contribution in [0.4, 0.5) is 11.6 Å². The number of fused-ring (bicyclic) bond motifs is 1. The lowest BCUT2D eigenvalue weighted by atomic mass is 10.0. The maximum atomic E-state index is 5.49. The van der Waals surface area contributed by atoms with Crippen LogP contribution in [0.25, 0.3) is 16.6 Å². The van der Waals surface area contributed by atoms with Gasteiger partial charge in [0.15, 0.2) is 0 Å². The molecule has 8 nitrogen and oxygen atoms in total. The van der Waals surface area contributed by atoms with E-state index in [4.69, 9.17) is 14.7 Å². The molecule has 3 aromatic rings. The number of nitrogens with zero attached hydrogens (tertiary/aromatic N) is 4. The number of piperazine rings is 1. The lowest BCUT2D eigenvalue weighted by molar-refractivity contribution is 0.161. The van der Waals surface area contributed by atoms with Gasteiger partial charge in [-0.1, -0.05) is 12.1 Å². The zero-order chi connectivity index (χ0) is 22.1. The molecule has 0 amide bonds. The van der Waals surface area contributed by atoms with E-state index in [1.54, 1.807) is 0 Å². The van der Waals surface area contributed by atoms with Crippen molar-refractivity contribution in [1.82, 2.24) is 25.3 Å². The SMILES string of the molecule is Cc1nc(NCc2cccc(N3C[C@@H](C)N[C@@H](C)C3)n2)c2c(C3=CCOCC3)c[nH]c2n1. The third-order valence-electron chi connectivity index (χ3n) is 6.06. The van der Waals surface area contributed by atoms with Crippen molar-refractivity contribution < 1.29 is 4.74 Å². The van der Waals surface area contributed by atoms with Crippen LogP contribution >= 0.6 is 0 Å². The van der Waals surface area contributed by atoms with Crippen LogP contribution in [0.1, 0.15) is 37.4 Å². The highest BCUT2D eigenvalue weighted by Crippen LogP contribution is 2.32. The molecule has 1 saturated heterocycles. The lowest BCUT2D eigenvalue weighted by Crippen LogP contribution is -2.54. The van der Waals surface area contributed by atoms with Crippen molar-refractivity contribution in [1.29, 1.82) is 0 Å². The first-order valence-corrected chi connectivity index (χ1v) is 11.4. The fraction of sp³-hybridized carbons (Fsp3) is 0.458. The van der Waals surface area contributed by atoms with Gasteiger partial charge in [-0.05, 0) is 44.9 Å². The smallest absolute Gasteiger partial charge is 0.143 e. The summed E-state index contributed by atoms with van der Waals surface area (Å²) in [6, 6.07) is 7.16. The van der Waals surface area contributed by atoms with E-state index in [0.29, 0.717) is 25.2 Å². The number of ether oxygens (including phenoxy) is 1. The van der Waals surface area contributed by atoms with Crippen LogP contribution in [-0.2, 0) is 11.3 Å². The number of anilines is 2. The quantitative estimate of drug-likeness (QED) is 0.569. The molecular formula is C24H31N7O. The summed E-state index contributed by atoms with van der Waals surface area (Å²) in [4.78, 5) is 20.0. The molecule has 1 fully saturated rings. The van der Waals surface area contributed by atoms with Gasteiger partial charge in [0.25, 0.3) is 0 Å². The molecule has 3 N–H and O–H groups in total. The third kappa shape index (κ3) is 4.33. The Balaban J connectivity index is 1.40. The molecule has 8 heteroatoms. The number of aryl methyl sites for hydroxylation is 1. The topological polar surface area (TPSA) is 91.0 Å². The molecule has 0 bridgehead atoms. The molecule has 2 atom stereocenters. The van der Waals surface area contributed by atoms with Gasteiger partial charge in [-0.2, -0.15) is 0 Å². The third-order valence-corrected chi connectivity index (χ3v) is 6.06. The highest BCUT2D eigenvalue weighted by Gasteiger charge is 2.22. The number of rotatable bonds is 5. The van der Waals surface area contributed by atoms with Crippen LogP contribution in [0.2, 0.25) is 0 Å². The molecule has 0 aromatic carbocycles. The van der Waals surface area contributed by atoms with Crippen molar-refractivity contribution in [2.24, 2.45) is 0 Å². The Hall–Kier alpha value is -2.97. The van der Waals surface area contributed by atoms with Gasteiger partial charge in [-0.15, -0.1) is 0 Å². The Morgan fingerprint density at radius 3 is 2.78 bits per heavy atom. The van der Waals surface area contributed by atoms with Crippen LogP contribution in [-0.4, -0.2) is 58.3 Å². The predicted octanol–water partition coefficient (Wildman–Crippen LogP) is 3.26. The second kappa shape index (κ2) is 8.88. The van der Waals surface area contributed by atoms with Crippen molar-refractivity contribution in [2.45, 2.75) is 45.8 Å². The summed E-state index contributed by atoms with van der Waals surface area (Å²) in [5.74, 6) is 2.61. The summed E-state index contributed by atoms with van der Waals surface area (Å²) in [6.07, 6.45) is 5.08. The molecule has 2 aliphatic heterocycles. The van der Waals surface area contributed by atoms with Crippen molar-refractivity contribution in [3.05, 3.63) is 47.6 Å². The molecule has 3 aromatic heterocycles. The summed E-state index contributed by atoms with van der Waals surface area (Å²) >= 11 is 0. The first-order chi connectivity index (χ1) is 15.6. The van der Waals surface area contributed by atoms with Gasteiger partial charge in [0, 0.05) is 36.9 Å². The fourth-order valence-electron chi connectivity index (χ4n) is 4.73. The van der Waals surface area contributed by atoms with Crippen LogP contribution in [0, 0.1) is 6.92 Å². The van der Waals surface area contributed by atoms with E-state index in [2.05, 4.69) is 63.6 Å². The first-order valence-electron chi connectivity index (χ1n) is 11.4. The number of hydrogen-bond donors (Lipinski definition) is 3. The van der Waals surface area contributed by atoms with Gasteiger partial charge in [0.1, 0.15) is 23.1 Å². The zero-order valence-corrected chi connectivity index (χ0v) is 19.0. The van der Waals surface area contributed by atoms with Gasteiger partial charge >= 0.3 is 0 Å². The van der Waals surface area contributed by atoms with E-state index >= 15 is 0 Å². The number of H-pyrrole nitrogens is 1. The van der Waals surface area contributed by atoms with E-state index in [9.17, 15) is 0 Å². The molecule has 2 aliphatic rings. The molecule has 32 heavy (non-hydrogen) atoms. The highest BCUT2D eigenvalue weighted by molar-refractivity contribution is 5.98. The van der Waals surface area contributed by atoms with Gasteiger partial charge in [-0.3, -0.25) is 0 Å². The molecule has 5 heterocycles. The Bertz CT molecular complexity index is 1130. The molecular weight excluding hydrogens is 402 g/mol. The summed E-state index contributed by atoms with van der Waals surface area (Å²) < 4.78 is 5.49. The van der Waals surface area contributed by atoms with Gasteiger partial charge in [-0.25, -0.2) is 15.0 Å². The van der Waals surface area contributed by atoms with Gasteiger partial charge in [0.05, 0.1) is 30.8 Å². The number of aromatic amines is 1. The molecule has 0 spiro atoms. The second-order valence-corrected chi connectivity index (χ2v) is 8.81. The van der Waals surface area contributed by atoms with E-state index in [-0.39, 0.29) is 0 Å². The largest absolute Gasteiger partial charge is 0.377 e. The number of nitrogens with one attached hydrogen (secondary N) is 3. The molecule has 0 unspecified atom stereocenters. The number of aromatic nitrogens is 4. The van der Waals surface area contributed by atoms with Crippen molar-refractivity contribution in [3.8, 4) is 0 Å². The molecule has 5 rings (SSSR count). The van der Waals surface area contributed by atoms with E-state index in [1.807, 2.05) is 13.1 Å². The summed E-state index contributed by atoms with van der Waals surface area (Å²) in [7, 11) is 0. The number of pyridine rings is 1. The molecule has 0 aliphatic carbocycles. The average Bonchev–Trinajstić information content (AvgIpc) is 3.21. The zero-order valence-electron chi connectivity index (χ0n) is 19.0. The van der Waals surface area contributed by atoms with Gasteiger partial charge in [0.2, 0.25) is 0 Å². The molecule has 0 radical (unpaired) electrons. The molecule has 0 saturated carbocycles. The van der Waals surface area contributed by atoms with E-state index in [1.165, 1.54) is 5.57 Å². The Morgan fingerprint density at radius 2 is 2.00 bits per heavy atom. The number of hydrogen-bond acceptors (Lipinski definition) is 7. The minimum absolute atomic E-state index is 0.450. The molecule has 168 valence electrons. The average molecular weight is 434 g/mol. The summed E-state index contributed by atoms with van der Waals surface area (Å²) in [6.45, 7) is 10.3. The minimum Gasteiger partial charge on any atom is -0.377 e. The van der Waals surface area contributed by atoms with Crippen LogP contribution in [0.5, 0.6) is 0 Å². The van der Waals surface area contributed by atoms with E-state index < -0.39 is 0 Å². The predicted molar refractivity (Wildman–Crippen MR) is 128 cm³/mol. The maximum absolute atomic E-state index is 5.49. The second-order valence-electron chi connectivity index (χ2n) is 8.81. The summed E-state index contributed by atoms with van der Waals surface area (Å²) in [5.41, 5.74) is 4.28. The van der Waals surface area contributed by atoms with Crippen molar-refractivity contribution >= 4 is 28.2 Å². The van der Waals surface area contributed by atoms with Crippen molar-refractivity contribution in [2.75, 3.05) is 36.5 Å². The normalized spacial score (nSPS) is 21.6. The van der Waals surface area contributed by atoms with Crippen molar-refractivity contribution in [3.63, 3.8) is 0 Å². The standard InChI is InChI=1S/C24H31N7O/c1-15-13-31(14-16(2)27-15)21-6-4-5-19(30-21)11-25-23-22-20(18-7-9-32-10-8-18)12-26-24(22)29-17(3)28-23/h4-7,12,15-16,27H,8-11,13-14H2,1-3H3,(H2,25,26,28,29)/t15-,16+. The minimum atomic E-state index is 0.450. The first kappa shape index (κ1) is 20.9. The monoisotopic (exact) mass is 433 g/mol. The van der Waals surface area contributed by atoms with Crippen LogP contribution < -0.4 is 15.5 Å². The Kier molecular flexibility index (Phi) is 5.80. The maximum Gasteiger partial charge on any atom is 0.143 e. The summed E-state index contributed by atoms with van der Waals surface area (Å²) in [5, 5.41) is 8.15. The highest BCUT2D eigenvalue weighted by atomic mass is 16.5. The fourth-order valence-corrected chi connectivity index (χ4v) is 4.73. The van der Waals surface area contributed by atoms with E-state index in [0.717, 1.165) is 65.9 Å². The van der Waals surface area contributed by atoms with Gasteiger partial charge < -0.3 is 25.3 Å². The van der Waals surface area contributed by atoms with Crippen LogP contribution in [0.3, 0.4) is 0 Å². The van der Waals surface area contributed by atoms with Crippen LogP contribution in [0.15, 0.2) is 30.5 Å².